The highest BCUT2D eigenvalue weighted by molar-refractivity contribution is 7.98. The standard InChI is InChI=1S/C11H14ClFOS/c1-14-10-5-2-4-9(11(10)13)8-15-7-3-6-12/h2,4-5H,3,6-8H2,1H3. The fourth-order valence-electron chi connectivity index (χ4n) is 1.16. The molecule has 0 fully saturated rings. The summed E-state index contributed by atoms with van der Waals surface area (Å²) in [7, 11) is 1.48. The van der Waals surface area contributed by atoms with Crippen molar-refractivity contribution < 1.29 is 9.13 Å². The Labute approximate surface area is 99.0 Å². The summed E-state index contributed by atoms with van der Waals surface area (Å²) >= 11 is 7.24. The average Bonchev–Trinajstić information content (AvgIpc) is 2.26. The van der Waals surface area contributed by atoms with E-state index in [0.29, 0.717) is 22.9 Å². The predicted octanol–water partition coefficient (Wildman–Crippen LogP) is 3.70. The maximum Gasteiger partial charge on any atom is 0.169 e. The molecule has 84 valence electrons. The summed E-state index contributed by atoms with van der Waals surface area (Å²) in [4.78, 5) is 0. The van der Waals surface area contributed by atoms with Crippen molar-refractivity contribution in [1.82, 2.24) is 0 Å². The van der Waals surface area contributed by atoms with Crippen molar-refractivity contribution in [2.75, 3.05) is 18.7 Å². The molecule has 0 N–H and O–H groups in total. The summed E-state index contributed by atoms with van der Waals surface area (Å²) in [6.45, 7) is 0. The summed E-state index contributed by atoms with van der Waals surface area (Å²) < 4.78 is 18.5. The summed E-state index contributed by atoms with van der Waals surface area (Å²) in [5, 5.41) is 0. The average molecular weight is 249 g/mol. The van der Waals surface area contributed by atoms with Gasteiger partial charge in [0, 0.05) is 17.2 Å². The molecule has 0 spiro atoms. The predicted molar refractivity (Wildman–Crippen MR) is 64.5 cm³/mol. The molecule has 0 radical (unpaired) electrons. The first kappa shape index (κ1) is 12.7. The lowest BCUT2D eigenvalue weighted by Gasteiger charge is -2.06. The molecule has 0 aliphatic carbocycles. The largest absolute Gasteiger partial charge is 0.494 e. The Balaban J connectivity index is 2.53. The second kappa shape index (κ2) is 6.96. The first-order valence-corrected chi connectivity index (χ1v) is 6.43. The zero-order valence-corrected chi connectivity index (χ0v) is 10.2. The van der Waals surface area contributed by atoms with E-state index in [0.717, 1.165) is 12.2 Å². The Kier molecular flexibility index (Phi) is 5.88. The van der Waals surface area contributed by atoms with Crippen LogP contribution in [-0.4, -0.2) is 18.7 Å². The zero-order chi connectivity index (χ0) is 11.1. The highest BCUT2D eigenvalue weighted by Gasteiger charge is 2.07. The first-order valence-electron chi connectivity index (χ1n) is 4.74. The van der Waals surface area contributed by atoms with E-state index in [2.05, 4.69) is 0 Å². The van der Waals surface area contributed by atoms with E-state index < -0.39 is 0 Å². The van der Waals surface area contributed by atoms with Crippen LogP contribution >= 0.6 is 23.4 Å². The Morgan fingerprint density at radius 3 is 2.93 bits per heavy atom. The molecule has 1 nitrogen and oxygen atoms in total. The minimum atomic E-state index is -0.252. The number of benzene rings is 1. The topological polar surface area (TPSA) is 9.23 Å². The molecule has 0 atom stereocenters. The zero-order valence-electron chi connectivity index (χ0n) is 8.63. The smallest absolute Gasteiger partial charge is 0.169 e. The summed E-state index contributed by atoms with van der Waals surface area (Å²) in [5.74, 6) is 2.34. The third-order valence-electron chi connectivity index (χ3n) is 1.94. The second-order valence-corrected chi connectivity index (χ2v) is 4.51. The molecule has 0 heterocycles. The van der Waals surface area contributed by atoms with E-state index in [4.69, 9.17) is 16.3 Å². The van der Waals surface area contributed by atoms with Gasteiger partial charge in [-0.25, -0.2) is 4.39 Å². The third-order valence-corrected chi connectivity index (χ3v) is 3.30. The number of halogens is 2. The summed E-state index contributed by atoms with van der Waals surface area (Å²) in [6.07, 6.45) is 0.956. The number of hydrogen-bond acceptors (Lipinski definition) is 2. The Bertz CT molecular complexity index is 307. The maximum absolute atomic E-state index is 13.6. The third kappa shape index (κ3) is 3.92. The molecule has 0 amide bonds. The van der Waals surface area contributed by atoms with Crippen molar-refractivity contribution in [2.45, 2.75) is 12.2 Å². The molecular formula is C11H14ClFOS. The van der Waals surface area contributed by atoms with Crippen LogP contribution in [0.4, 0.5) is 4.39 Å². The number of hydrogen-bond donors (Lipinski definition) is 0. The first-order chi connectivity index (χ1) is 7.29. The van der Waals surface area contributed by atoms with Gasteiger partial charge < -0.3 is 4.74 Å². The van der Waals surface area contributed by atoms with Gasteiger partial charge in [0.2, 0.25) is 0 Å². The van der Waals surface area contributed by atoms with Crippen LogP contribution in [0.5, 0.6) is 5.75 Å². The number of alkyl halides is 1. The lowest BCUT2D eigenvalue weighted by Crippen LogP contribution is -1.94. The van der Waals surface area contributed by atoms with Gasteiger partial charge in [-0.15, -0.1) is 11.6 Å². The van der Waals surface area contributed by atoms with E-state index in [-0.39, 0.29) is 5.82 Å². The summed E-state index contributed by atoms with van der Waals surface area (Å²) in [6, 6.07) is 5.22. The Morgan fingerprint density at radius 1 is 1.47 bits per heavy atom. The van der Waals surface area contributed by atoms with Crippen LogP contribution in [0.2, 0.25) is 0 Å². The van der Waals surface area contributed by atoms with Crippen LogP contribution in [0.1, 0.15) is 12.0 Å². The van der Waals surface area contributed by atoms with Crippen molar-refractivity contribution >= 4 is 23.4 Å². The van der Waals surface area contributed by atoms with Gasteiger partial charge in [-0.1, -0.05) is 12.1 Å². The van der Waals surface area contributed by atoms with E-state index in [1.807, 2.05) is 0 Å². The van der Waals surface area contributed by atoms with Gasteiger partial charge in [0.1, 0.15) is 0 Å². The molecule has 0 saturated carbocycles. The van der Waals surface area contributed by atoms with Crippen LogP contribution in [0.25, 0.3) is 0 Å². The molecule has 0 saturated heterocycles. The van der Waals surface area contributed by atoms with E-state index in [1.54, 1.807) is 30.0 Å². The highest BCUT2D eigenvalue weighted by atomic mass is 35.5. The van der Waals surface area contributed by atoms with Crippen LogP contribution in [0, 0.1) is 5.82 Å². The van der Waals surface area contributed by atoms with Crippen molar-refractivity contribution in [3.8, 4) is 5.75 Å². The van der Waals surface area contributed by atoms with Crippen LogP contribution in [0.3, 0.4) is 0 Å². The quantitative estimate of drug-likeness (QED) is 0.561. The summed E-state index contributed by atoms with van der Waals surface area (Å²) in [5.41, 5.74) is 0.689. The highest BCUT2D eigenvalue weighted by Crippen LogP contribution is 2.23. The SMILES string of the molecule is COc1cccc(CSCCCCl)c1F. The molecular weight excluding hydrogens is 235 g/mol. The van der Waals surface area contributed by atoms with Crippen molar-refractivity contribution in [3.63, 3.8) is 0 Å². The second-order valence-electron chi connectivity index (χ2n) is 3.03. The van der Waals surface area contributed by atoms with E-state index in [9.17, 15) is 4.39 Å². The lowest BCUT2D eigenvalue weighted by atomic mass is 10.2. The van der Waals surface area contributed by atoms with Crippen LogP contribution < -0.4 is 4.74 Å². The fraction of sp³-hybridized carbons (Fsp3) is 0.455. The van der Waals surface area contributed by atoms with Gasteiger partial charge in [0.25, 0.3) is 0 Å². The molecule has 1 rings (SSSR count). The monoisotopic (exact) mass is 248 g/mol. The molecule has 1 aromatic rings. The normalized spacial score (nSPS) is 10.3. The molecule has 0 bridgehead atoms. The van der Waals surface area contributed by atoms with Gasteiger partial charge >= 0.3 is 0 Å². The molecule has 0 unspecified atom stereocenters. The van der Waals surface area contributed by atoms with E-state index in [1.165, 1.54) is 7.11 Å². The molecule has 0 aliphatic rings. The maximum atomic E-state index is 13.6. The minimum Gasteiger partial charge on any atom is -0.494 e. The van der Waals surface area contributed by atoms with Gasteiger partial charge in [0.15, 0.2) is 11.6 Å². The van der Waals surface area contributed by atoms with Crippen molar-refractivity contribution in [2.24, 2.45) is 0 Å². The van der Waals surface area contributed by atoms with E-state index >= 15 is 0 Å². The minimum absolute atomic E-state index is 0.252. The number of ether oxygens (including phenoxy) is 1. The van der Waals surface area contributed by atoms with Gasteiger partial charge in [0.05, 0.1) is 7.11 Å². The fourth-order valence-corrected chi connectivity index (χ4v) is 2.39. The van der Waals surface area contributed by atoms with Gasteiger partial charge in [-0.05, 0) is 18.2 Å². The number of thioether (sulfide) groups is 1. The van der Waals surface area contributed by atoms with Gasteiger partial charge in [-0.3, -0.25) is 0 Å². The Hall–Kier alpha value is -0.410. The van der Waals surface area contributed by atoms with Crippen molar-refractivity contribution in [1.29, 1.82) is 0 Å². The molecule has 0 aliphatic heterocycles. The van der Waals surface area contributed by atoms with Crippen molar-refractivity contribution in [3.05, 3.63) is 29.6 Å². The van der Waals surface area contributed by atoms with Gasteiger partial charge in [-0.2, -0.15) is 11.8 Å². The number of rotatable bonds is 6. The number of methoxy groups -OCH3 is 1. The van der Waals surface area contributed by atoms with Crippen LogP contribution in [-0.2, 0) is 5.75 Å². The Morgan fingerprint density at radius 2 is 2.27 bits per heavy atom. The molecule has 1 aromatic carbocycles. The lowest BCUT2D eigenvalue weighted by molar-refractivity contribution is 0.385. The van der Waals surface area contributed by atoms with Crippen LogP contribution in [0.15, 0.2) is 18.2 Å². The molecule has 15 heavy (non-hydrogen) atoms. The molecule has 0 aromatic heterocycles. The molecule has 4 heteroatoms.